The Labute approximate surface area is 139 Å². The summed E-state index contributed by atoms with van der Waals surface area (Å²) in [7, 11) is 2.85. The molecule has 0 saturated carbocycles. The standard InChI is InChI=1S/C19H17FO4/c1-11-8-14(15-10-13(22-2)5-6-17(15)20)16-9-12(19(21)23-3)4-7-18(16)24-11/h4-11H,1-3H3. The van der Waals surface area contributed by atoms with Crippen molar-refractivity contribution >= 4 is 11.5 Å². The van der Waals surface area contributed by atoms with Crippen LogP contribution in [-0.2, 0) is 4.74 Å². The summed E-state index contributed by atoms with van der Waals surface area (Å²) in [4.78, 5) is 11.8. The summed E-state index contributed by atoms with van der Waals surface area (Å²) in [5.74, 6) is 0.319. The lowest BCUT2D eigenvalue weighted by Gasteiger charge is -2.24. The number of ether oxygens (including phenoxy) is 3. The molecule has 1 heterocycles. The summed E-state index contributed by atoms with van der Waals surface area (Å²) in [5, 5.41) is 0. The number of halogens is 1. The van der Waals surface area contributed by atoms with Crippen molar-refractivity contribution in [2.24, 2.45) is 0 Å². The summed E-state index contributed by atoms with van der Waals surface area (Å²) >= 11 is 0. The van der Waals surface area contributed by atoms with Crippen LogP contribution >= 0.6 is 0 Å². The number of benzene rings is 2. The van der Waals surface area contributed by atoms with Gasteiger partial charge in [-0.25, -0.2) is 9.18 Å². The van der Waals surface area contributed by atoms with E-state index in [1.54, 1.807) is 30.3 Å². The second-order valence-electron chi connectivity index (χ2n) is 5.45. The predicted molar refractivity (Wildman–Crippen MR) is 87.9 cm³/mol. The van der Waals surface area contributed by atoms with Gasteiger partial charge in [-0.3, -0.25) is 0 Å². The quantitative estimate of drug-likeness (QED) is 0.803. The molecule has 0 fully saturated rings. The molecular formula is C19H17FO4. The van der Waals surface area contributed by atoms with Crippen molar-refractivity contribution in [2.45, 2.75) is 13.0 Å². The number of rotatable bonds is 3. The van der Waals surface area contributed by atoms with E-state index in [4.69, 9.17) is 14.2 Å². The van der Waals surface area contributed by atoms with E-state index in [9.17, 15) is 9.18 Å². The smallest absolute Gasteiger partial charge is 0.337 e. The molecule has 4 nitrogen and oxygen atoms in total. The van der Waals surface area contributed by atoms with Crippen LogP contribution in [0.15, 0.2) is 42.5 Å². The lowest BCUT2D eigenvalue weighted by molar-refractivity contribution is 0.0600. The fourth-order valence-electron chi connectivity index (χ4n) is 2.72. The Bertz CT molecular complexity index is 826. The highest BCUT2D eigenvalue weighted by Crippen LogP contribution is 2.38. The average Bonchev–Trinajstić information content (AvgIpc) is 2.60. The molecule has 3 rings (SSSR count). The van der Waals surface area contributed by atoms with Crippen LogP contribution < -0.4 is 9.47 Å². The van der Waals surface area contributed by atoms with Crippen molar-refractivity contribution < 1.29 is 23.4 Å². The maximum absolute atomic E-state index is 14.4. The van der Waals surface area contributed by atoms with Crippen LogP contribution in [0.3, 0.4) is 0 Å². The minimum atomic E-state index is -0.457. The Morgan fingerprint density at radius 3 is 2.62 bits per heavy atom. The van der Waals surface area contributed by atoms with Crippen LogP contribution in [0.4, 0.5) is 4.39 Å². The van der Waals surface area contributed by atoms with Gasteiger partial charge in [0.1, 0.15) is 23.4 Å². The van der Waals surface area contributed by atoms with Crippen molar-refractivity contribution in [1.82, 2.24) is 0 Å². The van der Waals surface area contributed by atoms with Gasteiger partial charge < -0.3 is 14.2 Å². The first-order chi connectivity index (χ1) is 11.5. The fraction of sp³-hybridized carbons (Fsp3) is 0.211. The number of hydrogen-bond donors (Lipinski definition) is 0. The third kappa shape index (κ3) is 2.85. The number of hydrogen-bond acceptors (Lipinski definition) is 4. The zero-order chi connectivity index (χ0) is 17.3. The van der Waals surface area contributed by atoms with E-state index in [1.165, 1.54) is 20.3 Å². The Morgan fingerprint density at radius 1 is 1.12 bits per heavy atom. The predicted octanol–water partition coefficient (Wildman–Crippen LogP) is 3.83. The number of fused-ring (bicyclic) bond motifs is 1. The molecule has 0 radical (unpaired) electrons. The van der Waals surface area contributed by atoms with E-state index in [1.807, 2.05) is 13.0 Å². The van der Waals surface area contributed by atoms with Gasteiger partial charge >= 0.3 is 5.97 Å². The summed E-state index contributed by atoms with van der Waals surface area (Å²) < 4.78 is 30.1. The molecule has 24 heavy (non-hydrogen) atoms. The van der Waals surface area contributed by atoms with Crippen LogP contribution in [0.5, 0.6) is 11.5 Å². The zero-order valence-electron chi connectivity index (χ0n) is 13.6. The number of carbonyl (C=O) groups is 1. The first-order valence-electron chi connectivity index (χ1n) is 7.48. The lowest BCUT2D eigenvalue weighted by Crippen LogP contribution is -2.16. The maximum Gasteiger partial charge on any atom is 0.337 e. The molecule has 0 N–H and O–H groups in total. The van der Waals surface area contributed by atoms with E-state index in [2.05, 4.69) is 0 Å². The van der Waals surface area contributed by atoms with Gasteiger partial charge in [0.05, 0.1) is 19.8 Å². The number of methoxy groups -OCH3 is 2. The van der Waals surface area contributed by atoms with Crippen LogP contribution in [0.1, 0.15) is 28.4 Å². The Morgan fingerprint density at radius 2 is 1.92 bits per heavy atom. The monoisotopic (exact) mass is 328 g/mol. The van der Waals surface area contributed by atoms with Gasteiger partial charge in [0.15, 0.2) is 0 Å². The minimum Gasteiger partial charge on any atom is -0.497 e. The second kappa shape index (κ2) is 6.35. The molecule has 0 aliphatic carbocycles. The van der Waals surface area contributed by atoms with Crippen LogP contribution in [-0.4, -0.2) is 26.3 Å². The fourth-order valence-corrected chi connectivity index (χ4v) is 2.72. The summed E-state index contributed by atoms with van der Waals surface area (Å²) in [6.45, 7) is 1.87. The van der Waals surface area contributed by atoms with E-state index in [0.29, 0.717) is 33.8 Å². The molecule has 0 bridgehead atoms. The highest BCUT2D eigenvalue weighted by Gasteiger charge is 2.23. The van der Waals surface area contributed by atoms with Gasteiger partial charge in [0.25, 0.3) is 0 Å². The van der Waals surface area contributed by atoms with E-state index < -0.39 is 5.97 Å². The minimum absolute atomic E-state index is 0.220. The topological polar surface area (TPSA) is 44.8 Å². The van der Waals surface area contributed by atoms with Crippen molar-refractivity contribution in [3.05, 3.63) is 65.0 Å². The van der Waals surface area contributed by atoms with E-state index >= 15 is 0 Å². The van der Waals surface area contributed by atoms with Gasteiger partial charge in [-0.05, 0) is 55.0 Å². The molecule has 1 unspecified atom stereocenters. The SMILES string of the molecule is COC(=O)c1ccc2c(c1)C(c1cc(OC)ccc1F)=CC(C)O2. The van der Waals surface area contributed by atoms with Gasteiger partial charge in [-0.1, -0.05) is 0 Å². The Hall–Kier alpha value is -2.82. The van der Waals surface area contributed by atoms with Gasteiger partial charge in [0, 0.05) is 11.1 Å². The van der Waals surface area contributed by atoms with Crippen molar-refractivity contribution in [3.8, 4) is 11.5 Å². The van der Waals surface area contributed by atoms with Crippen molar-refractivity contribution in [1.29, 1.82) is 0 Å². The largest absolute Gasteiger partial charge is 0.497 e. The van der Waals surface area contributed by atoms with E-state index in [0.717, 1.165) is 0 Å². The summed E-state index contributed by atoms with van der Waals surface area (Å²) in [5.41, 5.74) is 2.07. The molecule has 1 aliphatic rings. The summed E-state index contributed by atoms with van der Waals surface area (Å²) in [6.07, 6.45) is 1.60. The molecule has 0 amide bonds. The van der Waals surface area contributed by atoms with Gasteiger partial charge in [-0.2, -0.15) is 0 Å². The highest BCUT2D eigenvalue weighted by molar-refractivity contribution is 5.93. The average molecular weight is 328 g/mol. The van der Waals surface area contributed by atoms with Crippen molar-refractivity contribution in [3.63, 3.8) is 0 Å². The zero-order valence-corrected chi connectivity index (χ0v) is 13.6. The maximum atomic E-state index is 14.4. The van der Waals surface area contributed by atoms with Gasteiger partial charge in [0.2, 0.25) is 0 Å². The molecule has 1 atom stereocenters. The molecule has 2 aromatic carbocycles. The Kier molecular flexibility index (Phi) is 4.25. The third-order valence-electron chi connectivity index (χ3n) is 3.87. The molecule has 2 aromatic rings. The lowest BCUT2D eigenvalue weighted by atomic mass is 9.92. The molecule has 0 saturated heterocycles. The highest BCUT2D eigenvalue weighted by atomic mass is 19.1. The third-order valence-corrected chi connectivity index (χ3v) is 3.87. The van der Waals surface area contributed by atoms with Crippen LogP contribution in [0, 0.1) is 5.82 Å². The van der Waals surface area contributed by atoms with E-state index in [-0.39, 0.29) is 11.9 Å². The van der Waals surface area contributed by atoms with Crippen molar-refractivity contribution in [2.75, 3.05) is 14.2 Å². The number of esters is 1. The molecule has 124 valence electrons. The normalized spacial score (nSPS) is 15.8. The molecule has 0 aromatic heterocycles. The number of carbonyl (C=O) groups excluding carboxylic acids is 1. The molecule has 5 heteroatoms. The molecule has 0 spiro atoms. The first kappa shape index (κ1) is 16.1. The van der Waals surface area contributed by atoms with Gasteiger partial charge in [-0.15, -0.1) is 0 Å². The Balaban J connectivity index is 2.17. The second-order valence-corrected chi connectivity index (χ2v) is 5.45. The van der Waals surface area contributed by atoms with Crippen LogP contribution in [0.25, 0.3) is 5.57 Å². The van der Waals surface area contributed by atoms with Crippen LogP contribution in [0.2, 0.25) is 0 Å². The molecular weight excluding hydrogens is 311 g/mol. The summed E-state index contributed by atoms with van der Waals surface area (Å²) in [6, 6.07) is 9.53. The first-order valence-corrected chi connectivity index (χ1v) is 7.48. The molecule has 1 aliphatic heterocycles.